The average Bonchev–Trinajstić information content (AvgIpc) is 2.74. The molecule has 0 saturated heterocycles. The first kappa shape index (κ1) is 12.1. The monoisotopic (exact) mass is 238 g/mol. The Kier molecular flexibility index (Phi) is 4.04. The minimum atomic E-state index is -0.135. The first-order valence-corrected chi connectivity index (χ1v) is 7.30. The van der Waals surface area contributed by atoms with Crippen molar-refractivity contribution in [2.24, 2.45) is 17.8 Å². The Morgan fingerprint density at radius 3 is 2.81 bits per heavy atom. The van der Waals surface area contributed by atoms with Gasteiger partial charge in [-0.25, -0.2) is 0 Å². The third-order valence-corrected chi connectivity index (χ3v) is 4.94. The van der Waals surface area contributed by atoms with Crippen LogP contribution in [0.15, 0.2) is 16.8 Å². The number of thiophene rings is 1. The van der Waals surface area contributed by atoms with Crippen LogP contribution in [-0.2, 0) is 6.42 Å². The summed E-state index contributed by atoms with van der Waals surface area (Å²) in [4.78, 5) is 0. The van der Waals surface area contributed by atoms with Crippen molar-refractivity contribution in [3.05, 3.63) is 22.4 Å². The molecule has 0 bridgehead atoms. The molecule has 1 aliphatic carbocycles. The third kappa shape index (κ3) is 2.86. The quantitative estimate of drug-likeness (QED) is 0.851. The Bertz CT molecular complexity index is 307. The van der Waals surface area contributed by atoms with E-state index in [0.29, 0.717) is 5.92 Å². The molecular formula is C14H22OS. The summed E-state index contributed by atoms with van der Waals surface area (Å²) in [5, 5.41) is 14.5. The van der Waals surface area contributed by atoms with Crippen molar-refractivity contribution in [1.82, 2.24) is 0 Å². The zero-order chi connectivity index (χ0) is 11.5. The van der Waals surface area contributed by atoms with Gasteiger partial charge in [-0.05, 0) is 59.4 Å². The second-order valence-electron chi connectivity index (χ2n) is 5.43. The fourth-order valence-electron chi connectivity index (χ4n) is 2.76. The molecule has 1 heterocycles. The third-order valence-electron chi connectivity index (χ3n) is 4.21. The van der Waals surface area contributed by atoms with Crippen molar-refractivity contribution in [3.8, 4) is 0 Å². The Morgan fingerprint density at radius 2 is 2.19 bits per heavy atom. The topological polar surface area (TPSA) is 20.2 Å². The molecule has 1 N–H and O–H groups in total. The molecule has 1 nitrogen and oxygen atoms in total. The van der Waals surface area contributed by atoms with Crippen molar-refractivity contribution < 1.29 is 5.11 Å². The van der Waals surface area contributed by atoms with Gasteiger partial charge in [0.1, 0.15) is 0 Å². The van der Waals surface area contributed by atoms with E-state index in [2.05, 4.69) is 30.7 Å². The van der Waals surface area contributed by atoms with Gasteiger partial charge in [-0.2, -0.15) is 11.3 Å². The number of hydrogen-bond donors (Lipinski definition) is 1. The van der Waals surface area contributed by atoms with Gasteiger partial charge < -0.3 is 5.11 Å². The van der Waals surface area contributed by atoms with Gasteiger partial charge in [-0.3, -0.25) is 0 Å². The summed E-state index contributed by atoms with van der Waals surface area (Å²) in [6, 6.07) is 2.13. The maximum atomic E-state index is 10.3. The molecule has 4 unspecified atom stereocenters. The van der Waals surface area contributed by atoms with Gasteiger partial charge in [-0.1, -0.05) is 20.3 Å². The summed E-state index contributed by atoms with van der Waals surface area (Å²) >= 11 is 1.72. The highest BCUT2D eigenvalue weighted by Crippen LogP contribution is 2.35. The van der Waals surface area contributed by atoms with Crippen LogP contribution in [0.5, 0.6) is 0 Å². The lowest BCUT2D eigenvalue weighted by molar-refractivity contribution is 0.0571. The fraction of sp³-hybridized carbons (Fsp3) is 0.714. The molecule has 0 amide bonds. The fourth-order valence-corrected chi connectivity index (χ4v) is 3.44. The first-order valence-electron chi connectivity index (χ1n) is 6.36. The van der Waals surface area contributed by atoms with E-state index >= 15 is 0 Å². The molecule has 1 aromatic rings. The summed E-state index contributed by atoms with van der Waals surface area (Å²) in [7, 11) is 0. The maximum absolute atomic E-state index is 10.3. The van der Waals surface area contributed by atoms with Gasteiger partial charge in [0.15, 0.2) is 0 Å². The molecule has 4 atom stereocenters. The normalized spacial score (nSPS) is 32.6. The average molecular weight is 238 g/mol. The van der Waals surface area contributed by atoms with Crippen LogP contribution in [-0.4, -0.2) is 11.2 Å². The van der Waals surface area contributed by atoms with Crippen molar-refractivity contribution in [3.63, 3.8) is 0 Å². The maximum Gasteiger partial charge on any atom is 0.0609 e. The second kappa shape index (κ2) is 5.33. The van der Waals surface area contributed by atoms with Gasteiger partial charge in [0.2, 0.25) is 0 Å². The van der Waals surface area contributed by atoms with Gasteiger partial charge in [0.25, 0.3) is 0 Å². The number of hydrogen-bond acceptors (Lipinski definition) is 2. The molecule has 0 radical (unpaired) electrons. The molecule has 1 aliphatic rings. The van der Waals surface area contributed by atoms with Crippen LogP contribution in [0.1, 0.15) is 38.7 Å². The van der Waals surface area contributed by atoms with E-state index in [1.54, 1.807) is 11.3 Å². The van der Waals surface area contributed by atoms with E-state index in [0.717, 1.165) is 18.3 Å². The molecule has 16 heavy (non-hydrogen) atoms. The standard InChI is InChI=1S/C14H22OS/c1-10-3-4-13(7-11(10)2)14(15)8-12-5-6-16-9-12/h5-6,9-11,13-15H,3-4,7-8H2,1-2H3. The number of aliphatic hydroxyl groups is 1. The van der Waals surface area contributed by atoms with Crippen LogP contribution in [0.3, 0.4) is 0 Å². The van der Waals surface area contributed by atoms with E-state index in [4.69, 9.17) is 0 Å². The van der Waals surface area contributed by atoms with E-state index < -0.39 is 0 Å². The summed E-state index contributed by atoms with van der Waals surface area (Å²) in [6.07, 6.45) is 4.40. The molecule has 1 saturated carbocycles. The van der Waals surface area contributed by atoms with Crippen molar-refractivity contribution in [1.29, 1.82) is 0 Å². The van der Waals surface area contributed by atoms with Crippen LogP contribution in [0.4, 0.5) is 0 Å². The molecule has 0 spiro atoms. The summed E-state index contributed by atoms with van der Waals surface area (Å²) in [5.41, 5.74) is 1.30. The Labute approximate surface area is 103 Å². The molecule has 2 rings (SSSR count). The van der Waals surface area contributed by atoms with Gasteiger partial charge in [-0.15, -0.1) is 0 Å². The van der Waals surface area contributed by atoms with E-state index in [1.165, 1.54) is 24.8 Å². The largest absolute Gasteiger partial charge is 0.392 e. The molecule has 0 aromatic carbocycles. The highest BCUT2D eigenvalue weighted by molar-refractivity contribution is 7.07. The smallest absolute Gasteiger partial charge is 0.0609 e. The molecule has 1 fully saturated rings. The SMILES string of the molecule is CC1CCC(C(O)Cc2ccsc2)CC1C. The van der Waals surface area contributed by atoms with Crippen molar-refractivity contribution >= 4 is 11.3 Å². The van der Waals surface area contributed by atoms with Gasteiger partial charge in [0, 0.05) is 0 Å². The van der Waals surface area contributed by atoms with Crippen LogP contribution in [0, 0.1) is 17.8 Å². The zero-order valence-electron chi connectivity index (χ0n) is 10.2. The Hall–Kier alpha value is -0.340. The van der Waals surface area contributed by atoms with Gasteiger partial charge in [0.05, 0.1) is 6.10 Å². The lowest BCUT2D eigenvalue weighted by atomic mass is 9.73. The minimum Gasteiger partial charge on any atom is -0.392 e. The highest BCUT2D eigenvalue weighted by atomic mass is 32.1. The summed E-state index contributed by atoms with van der Waals surface area (Å²) in [5.74, 6) is 2.13. The van der Waals surface area contributed by atoms with Crippen molar-refractivity contribution in [2.45, 2.75) is 45.6 Å². The second-order valence-corrected chi connectivity index (χ2v) is 6.21. The molecule has 1 aromatic heterocycles. The van der Waals surface area contributed by atoms with E-state index in [9.17, 15) is 5.11 Å². The van der Waals surface area contributed by atoms with Crippen LogP contribution >= 0.6 is 11.3 Å². The van der Waals surface area contributed by atoms with E-state index in [1.807, 2.05) is 0 Å². The predicted octanol–water partition coefficient (Wildman–Crippen LogP) is 3.72. The lowest BCUT2D eigenvalue weighted by Crippen LogP contribution is -2.30. The molecular weight excluding hydrogens is 216 g/mol. The van der Waals surface area contributed by atoms with Crippen LogP contribution < -0.4 is 0 Å². The zero-order valence-corrected chi connectivity index (χ0v) is 11.0. The first-order chi connectivity index (χ1) is 7.66. The summed E-state index contributed by atoms with van der Waals surface area (Å²) < 4.78 is 0. The van der Waals surface area contributed by atoms with Gasteiger partial charge >= 0.3 is 0 Å². The van der Waals surface area contributed by atoms with Crippen molar-refractivity contribution in [2.75, 3.05) is 0 Å². The number of aliphatic hydroxyl groups excluding tert-OH is 1. The van der Waals surface area contributed by atoms with E-state index in [-0.39, 0.29) is 6.10 Å². The number of rotatable bonds is 3. The Morgan fingerprint density at radius 1 is 1.38 bits per heavy atom. The minimum absolute atomic E-state index is 0.135. The summed E-state index contributed by atoms with van der Waals surface area (Å²) in [6.45, 7) is 4.67. The van der Waals surface area contributed by atoms with Crippen LogP contribution in [0.2, 0.25) is 0 Å². The molecule has 0 aliphatic heterocycles. The predicted molar refractivity (Wildman–Crippen MR) is 69.7 cm³/mol. The molecule has 90 valence electrons. The Balaban J connectivity index is 1.88. The lowest BCUT2D eigenvalue weighted by Gasteiger charge is -2.34. The molecule has 2 heteroatoms. The van der Waals surface area contributed by atoms with Crippen LogP contribution in [0.25, 0.3) is 0 Å². The highest BCUT2D eigenvalue weighted by Gasteiger charge is 2.29.